The SMILES string of the molecule is O=P12OCC(COBOCC34COP(=O)(OC3)OC4)(CO1)CO2. The molecule has 0 aliphatic carbocycles. The van der Waals surface area contributed by atoms with Gasteiger partial charge in [0.1, 0.15) is 0 Å². The van der Waals surface area contributed by atoms with Gasteiger partial charge in [-0.15, -0.1) is 0 Å². The van der Waals surface area contributed by atoms with Crippen LogP contribution in [0, 0.1) is 10.8 Å². The molecule has 0 unspecified atom stereocenters. The minimum atomic E-state index is -3.30. The van der Waals surface area contributed by atoms with Crippen LogP contribution in [0.25, 0.3) is 0 Å². The van der Waals surface area contributed by atoms with E-state index in [9.17, 15) is 9.13 Å². The fourth-order valence-electron chi connectivity index (χ4n) is 2.59. The second kappa shape index (κ2) is 5.88. The Morgan fingerprint density at radius 2 is 1.00 bits per heavy atom. The second-order valence-electron chi connectivity index (χ2n) is 6.35. The molecule has 10 nitrogen and oxygen atoms in total. The average molecular weight is 370 g/mol. The molecule has 0 aromatic carbocycles. The second-order valence-corrected chi connectivity index (χ2v) is 9.69. The summed E-state index contributed by atoms with van der Waals surface area (Å²) in [6.07, 6.45) is 0. The van der Waals surface area contributed by atoms with E-state index in [0.717, 1.165) is 0 Å². The third-order valence-electron chi connectivity index (χ3n) is 4.16. The van der Waals surface area contributed by atoms with Crippen molar-refractivity contribution in [1.29, 1.82) is 0 Å². The van der Waals surface area contributed by atoms with Gasteiger partial charge in [0.05, 0.1) is 50.5 Å². The highest BCUT2D eigenvalue weighted by Crippen LogP contribution is 2.60. The lowest BCUT2D eigenvalue weighted by molar-refractivity contribution is -0.119. The van der Waals surface area contributed by atoms with Crippen molar-refractivity contribution in [1.82, 2.24) is 0 Å². The van der Waals surface area contributed by atoms with Gasteiger partial charge in [0.2, 0.25) is 0 Å². The Morgan fingerprint density at radius 1 is 0.696 bits per heavy atom. The lowest BCUT2D eigenvalue weighted by atomic mass is 9.91. The van der Waals surface area contributed by atoms with Crippen LogP contribution in [0.2, 0.25) is 0 Å². The van der Waals surface area contributed by atoms with Crippen LogP contribution in [-0.2, 0) is 45.6 Å². The Kier molecular flexibility index (Phi) is 4.26. The normalized spacial score (nSPS) is 48.5. The van der Waals surface area contributed by atoms with E-state index in [-0.39, 0.29) is 47.3 Å². The minimum Gasteiger partial charge on any atom is -0.413 e. The summed E-state index contributed by atoms with van der Waals surface area (Å²) >= 11 is 0. The summed E-state index contributed by atoms with van der Waals surface area (Å²) in [6.45, 7) is 2.27. The van der Waals surface area contributed by atoms with Gasteiger partial charge in [-0.05, 0) is 0 Å². The van der Waals surface area contributed by atoms with E-state index in [2.05, 4.69) is 0 Å². The summed E-state index contributed by atoms with van der Waals surface area (Å²) in [5.41, 5.74) is -0.906. The smallest absolute Gasteiger partial charge is 0.413 e. The number of hydrogen-bond acceptors (Lipinski definition) is 10. The highest BCUT2D eigenvalue weighted by atomic mass is 31.2. The molecule has 0 amide bonds. The molecule has 4 bridgehead atoms. The van der Waals surface area contributed by atoms with Crippen molar-refractivity contribution in [3.05, 3.63) is 0 Å². The van der Waals surface area contributed by atoms with Gasteiger partial charge in [-0.2, -0.15) is 0 Å². The molecule has 0 atom stereocenters. The summed E-state index contributed by atoms with van der Waals surface area (Å²) in [5, 5.41) is 0. The van der Waals surface area contributed by atoms with E-state index in [0.29, 0.717) is 13.2 Å². The fraction of sp³-hybridized carbons (Fsp3) is 1.00. The predicted molar refractivity (Wildman–Crippen MR) is 74.8 cm³/mol. The van der Waals surface area contributed by atoms with Crippen LogP contribution in [0.4, 0.5) is 0 Å². The van der Waals surface area contributed by atoms with E-state index >= 15 is 0 Å². The predicted octanol–water partition coefficient (Wildman–Crippen LogP) is 0.629. The van der Waals surface area contributed by atoms with Gasteiger partial charge < -0.3 is 9.31 Å². The molecule has 0 N–H and O–H groups in total. The number of phosphoric acid groups is 2. The molecule has 0 aromatic heterocycles. The monoisotopic (exact) mass is 370 g/mol. The third kappa shape index (κ3) is 3.33. The number of fused-ring (bicyclic) bond motifs is 6. The first-order valence-electron chi connectivity index (χ1n) is 7.18. The van der Waals surface area contributed by atoms with Gasteiger partial charge in [0, 0.05) is 13.2 Å². The zero-order valence-electron chi connectivity index (χ0n) is 12.3. The van der Waals surface area contributed by atoms with E-state index in [1.165, 1.54) is 0 Å². The van der Waals surface area contributed by atoms with Crippen molar-refractivity contribution in [2.24, 2.45) is 10.8 Å². The maximum absolute atomic E-state index is 11.6. The largest absolute Gasteiger partial charge is 0.474 e. The lowest BCUT2D eigenvalue weighted by Crippen LogP contribution is -2.49. The molecule has 130 valence electrons. The van der Waals surface area contributed by atoms with Gasteiger partial charge >= 0.3 is 23.3 Å². The molecule has 0 spiro atoms. The summed E-state index contributed by atoms with van der Waals surface area (Å²) in [6, 6.07) is 0. The Hall–Kier alpha value is 0.205. The van der Waals surface area contributed by atoms with Crippen LogP contribution in [0.5, 0.6) is 0 Å². The Morgan fingerprint density at radius 3 is 1.30 bits per heavy atom. The summed E-state index contributed by atoms with van der Waals surface area (Å²) < 4.78 is 64.8. The number of hydrogen-bond donors (Lipinski definition) is 0. The van der Waals surface area contributed by atoms with E-state index in [1.807, 2.05) is 0 Å². The molecular weight excluding hydrogens is 353 g/mol. The van der Waals surface area contributed by atoms with Crippen molar-refractivity contribution in [2.75, 3.05) is 52.9 Å². The lowest BCUT2D eigenvalue weighted by Gasteiger charge is -2.44. The van der Waals surface area contributed by atoms with Crippen LogP contribution >= 0.6 is 15.6 Å². The maximum Gasteiger partial charge on any atom is 0.474 e. The summed E-state index contributed by atoms with van der Waals surface area (Å²) in [7, 11) is -6.55. The number of phosphoric ester groups is 2. The van der Waals surface area contributed by atoms with Crippen molar-refractivity contribution >= 4 is 23.3 Å². The average Bonchev–Trinajstić information content (AvgIpc) is 2.58. The molecule has 0 saturated carbocycles. The van der Waals surface area contributed by atoms with Crippen LogP contribution in [-0.4, -0.2) is 60.5 Å². The molecule has 6 rings (SSSR count). The van der Waals surface area contributed by atoms with Crippen LogP contribution < -0.4 is 0 Å². The molecule has 6 saturated heterocycles. The topological polar surface area (TPSA) is 108 Å². The van der Waals surface area contributed by atoms with Crippen LogP contribution in [0.3, 0.4) is 0 Å². The van der Waals surface area contributed by atoms with Gasteiger partial charge in [-0.25, -0.2) is 9.13 Å². The third-order valence-corrected chi connectivity index (χ3v) is 6.83. The molecule has 6 aliphatic heterocycles. The summed E-state index contributed by atoms with van der Waals surface area (Å²) in [5.74, 6) is 0. The molecule has 0 radical (unpaired) electrons. The highest BCUT2D eigenvalue weighted by Gasteiger charge is 2.52. The highest BCUT2D eigenvalue weighted by molar-refractivity contribution is 7.48. The van der Waals surface area contributed by atoms with Crippen molar-refractivity contribution in [3.63, 3.8) is 0 Å². The fourth-order valence-corrected chi connectivity index (χ4v) is 5.63. The molecule has 6 fully saturated rings. The minimum absolute atomic E-state index is 0.0544. The first-order chi connectivity index (χ1) is 10.9. The molecule has 6 heterocycles. The number of rotatable bonds is 6. The Bertz CT molecular complexity index is 459. The van der Waals surface area contributed by atoms with Gasteiger partial charge in [-0.3, -0.25) is 27.1 Å². The quantitative estimate of drug-likeness (QED) is 0.375. The van der Waals surface area contributed by atoms with Crippen LogP contribution in [0.15, 0.2) is 0 Å². The van der Waals surface area contributed by atoms with Crippen molar-refractivity contribution in [3.8, 4) is 0 Å². The summed E-state index contributed by atoms with van der Waals surface area (Å²) in [4.78, 5) is 0. The van der Waals surface area contributed by atoms with Crippen LogP contribution in [0.1, 0.15) is 0 Å². The zero-order chi connectivity index (χ0) is 16.0. The van der Waals surface area contributed by atoms with E-state index < -0.39 is 26.5 Å². The van der Waals surface area contributed by atoms with Crippen molar-refractivity contribution < 1.29 is 45.6 Å². The van der Waals surface area contributed by atoms with Gasteiger partial charge in [0.25, 0.3) is 0 Å². The van der Waals surface area contributed by atoms with E-state index in [4.69, 9.17) is 36.5 Å². The molecule has 23 heavy (non-hydrogen) atoms. The molecule has 0 aromatic rings. The zero-order valence-corrected chi connectivity index (χ0v) is 14.1. The first-order valence-corrected chi connectivity index (χ1v) is 10.1. The Balaban J connectivity index is 1.19. The standard InChI is InChI=1S/C10H17BO10P2/c12-22-16-3-9(4-17-22,5-18-22)1-14-11-15-2-10-6-19-23(13,20-7-10)21-8-10/h11H,1-8H2. The van der Waals surface area contributed by atoms with Gasteiger partial charge in [-0.1, -0.05) is 0 Å². The van der Waals surface area contributed by atoms with Crippen molar-refractivity contribution in [2.45, 2.75) is 0 Å². The molecule has 6 aliphatic rings. The molecular formula is C10H17BO10P2. The Labute approximate surface area is 133 Å². The van der Waals surface area contributed by atoms with Gasteiger partial charge in [0.15, 0.2) is 0 Å². The molecule has 13 heteroatoms. The van der Waals surface area contributed by atoms with E-state index in [1.54, 1.807) is 0 Å². The first kappa shape index (κ1) is 16.7. The maximum atomic E-state index is 11.6.